The van der Waals surface area contributed by atoms with E-state index in [4.69, 9.17) is 0 Å². The fourth-order valence-corrected chi connectivity index (χ4v) is 7.78. The summed E-state index contributed by atoms with van der Waals surface area (Å²) in [4.78, 5) is 0. The van der Waals surface area contributed by atoms with Gasteiger partial charge in [-0.25, -0.2) is 0 Å². The third-order valence-electron chi connectivity index (χ3n) is 5.52. The molecule has 1 heterocycles. The molecule has 0 saturated carbocycles. The molecule has 0 aliphatic carbocycles. The summed E-state index contributed by atoms with van der Waals surface area (Å²) in [7, 11) is -1.97. The zero-order chi connectivity index (χ0) is 17.2. The third kappa shape index (κ3) is 3.64. The molecule has 2 aromatic carbocycles. The van der Waals surface area contributed by atoms with Crippen LogP contribution in [0.1, 0.15) is 20.3 Å². The predicted molar refractivity (Wildman–Crippen MR) is 105 cm³/mol. The van der Waals surface area contributed by atoms with Gasteiger partial charge in [0.25, 0.3) is 0 Å². The van der Waals surface area contributed by atoms with Crippen LogP contribution in [0.5, 0.6) is 0 Å². The second kappa shape index (κ2) is 6.83. The van der Waals surface area contributed by atoms with Crippen molar-refractivity contribution < 1.29 is 5.11 Å². The summed E-state index contributed by atoms with van der Waals surface area (Å²) in [5.74, 6) is 0. The Morgan fingerprint density at radius 1 is 1.04 bits per heavy atom. The molecule has 0 aromatic heterocycles. The van der Waals surface area contributed by atoms with Gasteiger partial charge in [-0.05, 0) is 17.9 Å². The quantitative estimate of drug-likeness (QED) is 0.821. The Morgan fingerprint density at radius 3 is 1.96 bits per heavy atom. The maximum atomic E-state index is 11.0. The van der Waals surface area contributed by atoms with Gasteiger partial charge in [0.1, 0.15) is 8.07 Å². The molecule has 1 fully saturated rings. The van der Waals surface area contributed by atoms with Crippen LogP contribution in [0.4, 0.5) is 0 Å². The minimum Gasteiger partial charge on any atom is -0.392 e. The topological polar surface area (TPSA) is 32.3 Å². The van der Waals surface area contributed by atoms with Gasteiger partial charge in [0.15, 0.2) is 0 Å². The summed E-state index contributed by atoms with van der Waals surface area (Å²) in [6.07, 6.45) is 0.742. The van der Waals surface area contributed by atoms with E-state index in [0.717, 1.165) is 19.0 Å². The van der Waals surface area contributed by atoms with E-state index < -0.39 is 8.07 Å². The molecule has 0 unspecified atom stereocenters. The smallest absolute Gasteiger partial charge is 0.117 e. The molecule has 1 saturated heterocycles. The van der Waals surface area contributed by atoms with E-state index in [-0.39, 0.29) is 17.6 Å². The predicted octanol–water partition coefficient (Wildman–Crippen LogP) is 2.63. The Labute approximate surface area is 146 Å². The van der Waals surface area contributed by atoms with Gasteiger partial charge in [0.05, 0.1) is 6.10 Å². The van der Waals surface area contributed by atoms with Crippen LogP contribution >= 0.6 is 0 Å². The molecule has 0 bridgehead atoms. The molecule has 0 radical (unpaired) electrons. The van der Waals surface area contributed by atoms with Gasteiger partial charge >= 0.3 is 0 Å². The maximum absolute atomic E-state index is 11.0. The van der Waals surface area contributed by atoms with E-state index >= 15 is 0 Å². The molecule has 1 aliphatic heterocycles. The fourth-order valence-electron chi connectivity index (χ4n) is 3.99. The van der Waals surface area contributed by atoms with Gasteiger partial charge in [-0.3, -0.25) is 0 Å². The normalized spacial score (nSPS) is 21.6. The Morgan fingerprint density at radius 2 is 1.54 bits per heavy atom. The van der Waals surface area contributed by atoms with E-state index in [9.17, 15) is 5.11 Å². The second-order valence-electron chi connectivity index (χ2n) is 8.19. The minimum absolute atomic E-state index is 0.208. The number of benzene rings is 2. The lowest BCUT2D eigenvalue weighted by Gasteiger charge is -2.33. The van der Waals surface area contributed by atoms with Crippen LogP contribution in [0.25, 0.3) is 0 Å². The molecule has 3 heteroatoms. The SMILES string of the molecule is CC1(C)CN[C@@H]([C@@H](O)C[Si](C)(c2ccccc2)c2ccccc2)C1. The van der Waals surface area contributed by atoms with E-state index in [1.807, 2.05) is 0 Å². The lowest BCUT2D eigenvalue weighted by molar-refractivity contribution is 0.148. The Hall–Kier alpha value is -1.42. The molecular formula is C21H29NOSi. The molecule has 24 heavy (non-hydrogen) atoms. The van der Waals surface area contributed by atoms with Crippen molar-refractivity contribution in [1.29, 1.82) is 0 Å². The maximum Gasteiger partial charge on any atom is 0.117 e. The van der Waals surface area contributed by atoms with Gasteiger partial charge in [-0.1, -0.05) is 91.4 Å². The molecule has 128 valence electrons. The van der Waals surface area contributed by atoms with Gasteiger partial charge < -0.3 is 10.4 Å². The van der Waals surface area contributed by atoms with E-state index in [2.05, 4.69) is 86.4 Å². The number of aliphatic hydroxyl groups is 1. The number of nitrogens with one attached hydrogen (secondary N) is 1. The summed E-state index contributed by atoms with van der Waals surface area (Å²) < 4.78 is 0. The zero-order valence-electron chi connectivity index (χ0n) is 15.0. The van der Waals surface area contributed by atoms with Gasteiger partial charge in [-0.2, -0.15) is 0 Å². The first-order valence-corrected chi connectivity index (χ1v) is 11.6. The summed E-state index contributed by atoms with van der Waals surface area (Å²) in [6.45, 7) is 7.93. The summed E-state index contributed by atoms with van der Waals surface area (Å²) in [6, 6.07) is 22.6. The summed E-state index contributed by atoms with van der Waals surface area (Å²) in [5.41, 5.74) is 0.281. The first kappa shape index (κ1) is 17.4. The Balaban J connectivity index is 1.89. The highest BCUT2D eigenvalue weighted by Crippen LogP contribution is 2.30. The first-order chi connectivity index (χ1) is 11.4. The van der Waals surface area contributed by atoms with Crippen molar-refractivity contribution in [2.45, 2.75) is 45.0 Å². The molecule has 2 N–H and O–H groups in total. The van der Waals surface area contributed by atoms with Crippen LogP contribution in [0.15, 0.2) is 60.7 Å². The van der Waals surface area contributed by atoms with E-state index in [1.165, 1.54) is 10.4 Å². The number of hydrogen-bond donors (Lipinski definition) is 2. The second-order valence-corrected chi connectivity index (χ2v) is 12.4. The molecule has 2 nitrogen and oxygen atoms in total. The summed E-state index contributed by atoms with van der Waals surface area (Å²) >= 11 is 0. The highest BCUT2D eigenvalue weighted by Gasteiger charge is 2.40. The molecule has 0 amide bonds. The highest BCUT2D eigenvalue weighted by atomic mass is 28.3. The Bertz CT molecular complexity index is 617. The van der Waals surface area contributed by atoms with Gasteiger partial charge in [0.2, 0.25) is 0 Å². The van der Waals surface area contributed by atoms with E-state index in [0.29, 0.717) is 0 Å². The molecule has 1 aliphatic rings. The van der Waals surface area contributed by atoms with Crippen molar-refractivity contribution >= 4 is 18.4 Å². The van der Waals surface area contributed by atoms with E-state index in [1.54, 1.807) is 0 Å². The summed E-state index contributed by atoms with van der Waals surface area (Å²) in [5, 5.41) is 17.3. The lowest BCUT2D eigenvalue weighted by Crippen LogP contribution is -2.58. The van der Waals surface area contributed by atoms with Crippen molar-refractivity contribution in [2.75, 3.05) is 6.54 Å². The first-order valence-electron chi connectivity index (χ1n) is 8.93. The van der Waals surface area contributed by atoms with Crippen LogP contribution < -0.4 is 15.7 Å². The molecular weight excluding hydrogens is 310 g/mol. The van der Waals surface area contributed by atoms with Crippen LogP contribution in [-0.2, 0) is 0 Å². The number of aliphatic hydroxyl groups excluding tert-OH is 1. The molecule has 2 atom stereocenters. The van der Waals surface area contributed by atoms with Crippen molar-refractivity contribution in [3.05, 3.63) is 60.7 Å². The lowest BCUT2D eigenvalue weighted by atomic mass is 9.89. The van der Waals surface area contributed by atoms with Crippen molar-refractivity contribution in [2.24, 2.45) is 5.41 Å². The standard InChI is InChI=1S/C21H29NOSi/c1-21(2)14-19(22-16-21)20(23)15-24(3,17-10-6-4-7-11-17)18-12-8-5-9-13-18/h4-13,19-20,22-23H,14-16H2,1-3H3/t19-,20+/m1/s1. The van der Waals surface area contributed by atoms with Crippen LogP contribution in [-0.4, -0.2) is 31.9 Å². The van der Waals surface area contributed by atoms with Gasteiger partial charge in [0, 0.05) is 12.6 Å². The molecule has 2 aromatic rings. The van der Waals surface area contributed by atoms with Crippen LogP contribution in [0.3, 0.4) is 0 Å². The van der Waals surface area contributed by atoms with Crippen molar-refractivity contribution in [1.82, 2.24) is 5.32 Å². The average molecular weight is 340 g/mol. The van der Waals surface area contributed by atoms with Crippen LogP contribution in [0.2, 0.25) is 12.6 Å². The molecule has 0 spiro atoms. The monoisotopic (exact) mass is 339 g/mol. The fraction of sp³-hybridized carbons (Fsp3) is 0.429. The zero-order valence-corrected chi connectivity index (χ0v) is 16.0. The average Bonchev–Trinajstić information content (AvgIpc) is 2.96. The highest BCUT2D eigenvalue weighted by molar-refractivity contribution is 7.01. The van der Waals surface area contributed by atoms with Crippen LogP contribution in [0, 0.1) is 5.41 Å². The Kier molecular flexibility index (Phi) is 4.95. The van der Waals surface area contributed by atoms with Crippen molar-refractivity contribution in [3.8, 4) is 0 Å². The number of rotatable bonds is 5. The van der Waals surface area contributed by atoms with Crippen molar-refractivity contribution in [3.63, 3.8) is 0 Å². The largest absolute Gasteiger partial charge is 0.392 e. The molecule has 3 rings (SSSR count). The third-order valence-corrected chi connectivity index (χ3v) is 9.97. The number of hydrogen-bond acceptors (Lipinski definition) is 2. The minimum atomic E-state index is -1.97. The van der Waals surface area contributed by atoms with Gasteiger partial charge in [-0.15, -0.1) is 0 Å².